The number of anilines is 2. The molecule has 1 aromatic carbocycles. The summed E-state index contributed by atoms with van der Waals surface area (Å²) >= 11 is 1.93. The van der Waals surface area contributed by atoms with Crippen molar-refractivity contribution in [2.75, 3.05) is 44.3 Å². The van der Waals surface area contributed by atoms with Crippen LogP contribution in [0.2, 0.25) is 0 Å². The third kappa shape index (κ3) is 3.46. The molecule has 0 bridgehead atoms. The Morgan fingerprint density at radius 1 is 1.61 bits per heavy atom. The van der Waals surface area contributed by atoms with Gasteiger partial charge in [-0.1, -0.05) is 0 Å². The second kappa shape index (κ2) is 6.03. The van der Waals surface area contributed by atoms with Gasteiger partial charge in [-0.2, -0.15) is 0 Å². The monoisotopic (exact) mass is 365 g/mol. The van der Waals surface area contributed by atoms with Gasteiger partial charge in [0, 0.05) is 25.7 Å². The number of hydrogen-bond donors (Lipinski definition) is 2. The van der Waals surface area contributed by atoms with E-state index in [1.165, 1.54) is 6.07 Å². The standard InChI is InChI=1S/C12H17FIN3O/c1-17-2-3-18-8(7-17)6-16-12-4-9(13)10(14)5-11(12)15/h4-5,8,16H,2-3,6-7,15H2,1H3. The van der Waals surface area contributed by atoms with Gasteiger partial charge in [-0.05, 0) is 35.7 Å². The van der Waals surface area contributed by atoms with Gasteiger partial charge in [0.25, 0.3) is 0 Å². The second-order valence-electron chi connectivity index (χ2n) is 4.49. The molecular formula is C12H17FIN3O. The largest absolute Gasteiger partial charge is 0.397 e. The molecular weight excluding hydrogens is 348 g/mol. The predicted molar refractivity (Wildman–Crippen MR) is 79.3 cm³/mol. The highest BCUT2D eigenvalue weighted by Gasteiger charge is 2.17. The molecule has 0 radical (unpaired) electrons. The molecule has 100 valence electrons. The third-order valence-corrected chi connectivity index (χ3v) is 3.78. The van der Waals surface area contributed by atoms with E-state index in [1.54, 1.807) is 6.07 Å². The van der Waals surface area contributed by atoms with E-state index in [1.807, 2.05) is 22.6 Å². The lowest BCUT2D eigenvalue weighted by atomic mass is 10.2. The quantitative estimate of drug-likeness (QED) is 0.633. The molecule has 0 aromatic heterocycles. The van der Waals surface area contributed by atoms with Crippen LogP contribution in [0.25, 0.3) is 0 Å². The Kier molecular flexibility index (Phi) is 4.63. The van der Waals surface area contributed by atoms with Crippen LogP contribution in [0.15, 0.2) is 12.1 Å². The first kappa shape index (κ1) is 13.8. The van der Waals surface area contributed by atoms with Gasteiger partial charge < -0.3 is 20.7 Å². The summed E-state index contributed by atoms with van der Waals surface area (Å²) in [5.74, 6) is -0.256. The van der Waals surface area contributed by atoms with E-state index in [9.17, 15) is 4.39 Å². The number of hydrogen-bond acceptors (Lipinski definition) is 4. The lowest BCUT2D eigenvalue weighted by Crippen LogP contribution is -2.43. The highest BCUT2D eigenvalue weighted by atomic mass is 127. The van der Waals surface area contributed by atoms with Crippen LogP contribution < -0.4 is 11.1 Å². The van der Waals surface area contributed by atoms with E-state index in [-0.39, 0.29) is 11.9 Å². The van der Waals surface area contributed by atoms with Crippen molar-refractivity contribution in [1.82, 2.24) is 4.90 Å². The number of ether oxygens (including phenoxy) is 1. The third-order valence-electron chi connectivity index (χ3n) is 2.95. The van der Waals surface area contributed by atoms with Gasteiger partial charge in [-0.15, -0.1) is 0 Å². The van der Waals surface area contributed by atoms with Crippen LogP contribution in [0.4, 0.5) is 15.8 Å². The SMILES string of the molecule is CN1CCOC(CNc2cc(F)c(I)cc2N)C1. The van der Waals surface area contributed by atoms with Gasteiger partial charge in [0.05, 0.1) is 27.7 Å². The molecule has 2 rings (SSSR count). The Labute approximate surface area is 120 Å². The minimum Gasteiger partial charge on any atom is -0.397 e. The fraction of sp³-hybridized carbons (Fsp3) is 0.500. The smallest absolute Gasteiger partial charge is 0.138 e. The van der Waals surface area contributed by atoms with Gasteiger partial charge in [0.1, 0.15) is 5.82 Å². The maximum absolute atomic E-state index is 13.4. The van der Waals surface area contributed by atoms with E-state index in [0.717, 1.165) is 19.7 Å². The number of likely N-dealkylation sites (N-methyl/N-ethyl adjacent to an activating group) is 1. The van der Waals surface area contributed by atoms with Gasteiger partial charge in [-0.3, -0.25) is 0 Å². The number of morpholine rings is 1. The van der Waals surface area contributed by atoms with Gasteiger partial charge in [0.15, 0.2) is 0 Å². The molecule has 0 amide bonds. The fourth-order valence-electron chi connectivity index (χ4n) is 1.93. The van der Waals surface area contributed by atoms with Crippen molar-refractivity contribution in [2.24, 2.45) is 0 Å². The number of nitrogens with one attached hydrogen (secondary N) is 1. The zero-order chi connectivity index (χ0) is 13.1. The van der Waals surface area contributed by atoms with Crippen molar-refractivity contribution in [1.29, 1.82) is 0 Å². The molecule has 0 saturated carbocycles. The van der Waals surface area contributed by atoms with Crippen LogP contribution in [0.5, 0.6) is 0 Å². The molecule has 0 spiro atoms. The second-order valence-corrected chi connectivity index (χ2v) is 5.65. The van der Waals surface area contributed by atoms with Crippen LogP contribution >= 0.6 is 22.6 Å². The lowest BCUT2D eigenvalue weighted by molar-refractivity contribution is -0.0117. The van der Waals surface area contributed by atoms with Crippen molar-refractivity contribution >= 4 is 34.0 Å². The summed E-state index contributed by atoms with van der Waals surface area (Å²) in [6.07, 6.45) is 0.116. The Morgan fingerprint density at radius 3 is 3.11 bits per heavy atom. The normalized spacial score (nSPS) is 20.9. The molecule has 0 aliphatic carbocycles. The predicted octanol–water partition coefficient (Wildman–Crippen LogP) is 1.75. The Bertz CT molecular complexity index is 430. The first-order valence-corrected chi connectivity index (χ1v) is 6.92. The summed E-state index contributed by atoms with van der Waals surface area (Å²) < 4.78 is 19.6. The number of nitrogen functional groups attached to an aromatic ring is 1. The van der Waals surface area contributed by atoms with Crippen molar-refractivity contribution in [3.8, 4) is 0 Å². The average Bonchev–Trinajstić information content (AvgIpc) is 2.32. The molecule has 4 nitrogen and oxygen atoms in total. The summed E-state index contributed by atoms with van der Waals surface area (Å²) in [4.78, 5) is 2.22. The summed E-state index contributed by atoms with van der Waals surface area (Å²) in [5.41, 5.74) is 7.04. The zero-order valence-electron chi connectivity index (χ0n) is 10.2. The van der Waals surface area contributed by atoms with Gasteiger partial charge >= 0.3 is 0 Å². The van der Waals surface area contributed by atoms with Crippen molar-refractivity contribution in [2.45, 2.75) is 6.10 Å². The molecule has 1 fully saturated rings. The van der Waals surface area contributed by atoms with Crippen molar-refractivity contribution < 1.29 is 9.13 Å². The van der Waals surface area contributed by atoms with Gasteiger partial charge in [-0.25, -0.2) is 4.39 Å². The Morgan fingerprint density at radius 2 is 2.39 bits per heavy atom. The van der Waals surface area contributed by atoms with Crippen LogP contribution in [0.3, 0.4) is 0 Å². The minimum atomic E-state index is -0.256. The maximum Gasteiger partial charge on any atom is 0.138 e. The molecule has 3 N–H and O–H groups in total. The van der Waals surface area contributed by atoms with E-state index in [4.69, 9.17) is 10.5 Å². The molecule has 1 aliphatic rings. The molecule has 1 aliphatic heterocycles. The van der Waals surface area contributed by atoms with Crippen LogP contribution in [0, 0.1) is 9.39 Å². The number of nitrogens with zero attached hydrogens (tertiary/aromatic N) is 1. The van der Waals surface area contributed by atoms with Crippen molar-refractivity contribution in [3.05, 3.63) is 21.5 Å². The highest BCUT2D eigenvalue weighted by Crippen LogP contribution is 2.24. The number of halogens is 2. The summed E-state index contributed by atoms with van der Waals surface area (Å²) in [6, 6.07) is 3.07. The van der Waals surface area contributed by atoms with Crippen molar-refractivity contribution in [3.63, 3.8) is 0 Å². The number of nitrogens with two attached hydrogens (primary N) is 1. The highest BCUT2D eigenvalue weighted by molar-refractivity contribution is 14.1. The number of rotatable bonds is 3. The lowest BCUT2D eigenvalue weighted by Gasteiger charge is -2.30. The van der Waals surface area contributed by atoms with E-state index in [2.05, 4.69) is 17.3 Å². The summed E-state index contributed by atoms with van der Waals surface area (Å²) in [7, 11) is 2.06. The molecule has 1 unspecified atom stereocenters. The Balaban J connectivity index is 1.95. The molecule has 1 saturated heterocycles. The van der Waals surface area contributed by atoms with E-state index in [0.29, 0.717) is 21.5 Å². The molecule has 1 aromatic rings. The minimum absolute atomic E-state index is 0.116. The molecule has 1 heterocycles. The fourth-order valence-corrected chi connectivity index (χ4v) is 2.42. The summed E-state index contributed by atoms with van der Waals surface area (Å²) in [6.45, 7) is 3.20. The first-order chi connectivity index (χ1) is 8.56. The number of benzene rings is 1. The van der Waals surface area contributed by atoms with Crippen LogP contribution in [-0.2, 0) is 4.74 Å². The zero-order valence-corrected chi connectivity index (χ0v) is 12.4. The average molecular weight is 365 g/mol. The Hall–Kier alpha value is -0.600. The topological polar surface area (TPSA) is 50.5 Å². The maximum atomic E-state index is 13.4. The molecule has 18 heavy (non-hydrogen) atoms. The van der Waals surface area contributed by atoms with Crippen LogP contribution in [-0.4, -0.2) is 44.3 Å². The summed E-state index contributed by atoms with van der Waals surface area (Å²) in [5, 5.41) is 3.15. The first-order valence-electron chi connectivity index (χ1n) is 5.85. The van der Waals surface area contributed by atoms with Crippen LogP contribution in [0.1, 0.15) is 0 Å². The van der Waals surface area contributed by atoms with E-state index < -0.39 is 0 Å². The van der Waals surface area contributed by atoms with Gasteiger partial charge in [0.2, 0.25) is 0 Å². The van der Waals surface area contributed by atoms with E-state index >= 15 is 0 Å². The molecule has 1 atom stereocenters. The molecule has 6 heteroatoms.